The Morgan fingerprint density at radius 3 is 2.45 bits per heavy atom. The second-order valence-corrected chi connectivity index (χ2v) is 8.03. The Morgan fingerprint density at radius 1 is 1.03 bits per heavy atom. The molecule has 2 aliphatic heterocycles. The van der Waals surface area contributed by atoms with Crippen molar-refractivity contribution in [3.05, 3.63) is 95.5 Å². The van der Waals surface area contributed by atoms with Gasteiger partial charge < -0.3 is 9.32 Å². The molecular weight excluding hydrogens is 386 g/mol. The molecule has 1 aromatic heterocycles. The van der Waals surface area contributed by atoms with Gasteiger partial charge >= 0.3 is 0 Å². The van der Waals surface area contributed by atoms with Gasteiger partial charge in [0, 0.05) is 11.3 Å². The van der Waals surface area contributed by atoms with Crippen LogP contribution >= 0.6 is 0 Å². The van der Waals surface area contributed by atoms with Gasteiger partial charge in [-0.1, -0.05) is 60.2 Å². The molecule has 3 heterocycles. The largest absolute Gasteiger partial charge is 0.469 e. The standard InChI is InChI=1S/C26H19N3O2/c1-17-8-10-19(11-9-17)25(30)24-23(21-7-4-14-31-21)26(15-27,16-28)22-13-12-18-5-2-3-6-20(18)29(22)24/h2-14,22-24H,1H3. The van der Waals surface area contributed by atoms with Crippen molar-refractivity contribution in [3.63, 3.8) is 0 Å². The van der Waals surface area contributed by atoms with E-state index in [0.717, 1.165) is 16.8 Å². The van der Waals surface area contributed by atoms with Crippen molar-refractivity contribution in [3.8, 4) is 12.1 Å². The highest BCUT2D eigenvalue weighted by atomic mass is 16.3. The summed E-state index contributed by atoms with van der Waals surface area (Å²) in [7, 11) is 0. The fraction of sp³-hybridized carbons (Fsp3) is 0.192. The Bertz CT molecular complexity index is 1250. The summed E-state index contributed by atoms with van der Waals surface area (Å²) < 4.78 is 5.70. The van der Waals surface area contributed by atoms with Gasteiger partial charge in [0.2, 0.25) is 0 Å². The summed E-state index contributed by atoms with van der Waals surface area (Å²) in [4.78, 5) is 15.9. The molecule has 0 saturated carbocycles. The van der Waals surface area contributed by atoms with Crippen LogP contribution in [0.1, 0.15) is 33.2 Å². The van der Waals surface area contributed by atoms with Gasteiger partial charge in [0.25, 0.3) is 0 Å². The van der Waals surface area contributed by atoms with E-state index in [1.807, 2.05) is 60.4 Å². The molecule has 5 nitrogen and oxygen atoms in total. The van der Waals surface area contributed by atoms with Crippen LogP contribution in [0.5, 0.6) is 0 Å². The van der Waals surface area contributed by atoms with E-state index in [1.54, 1.807) is 24.3 Å². The summed E-state index contributed by atoms with van der Waals surface area (Å²) >= 11 is 0. The first-order valence-corrected chi connectivity index (χ1v) is 10.1. The molecule has 150 valence electrons. The first kappa shape index (κ1) is 18.9. The predicted octanol–water partition coefficient (Wildman–Crippen LogP) is 4.87. The van der Waals surface area contributed by atoms with Crippen LogP contribution in [0.3, 0.4) is 0 Å². The van der Waals surface area contributed by atoms with Gasteiger partial charge in [-0.05, 0) is 30.7 Å². The minimum absolute atomic E-state index is 0.135. The smallest absolute Gasteiger partial charge is 0.186 e. The van der Waals surface area contributed by atoms with Gasteiger partial charge in [0.05, 0.1) is 30.4 Å². The molecule has 0 bridgehead atoms. The molecule has 5 rings (SSSR count). The van der Waals surface area contributed by atoms with Crippen molar-refractivity contribution in [2.45, 2.75) is 24.9 Å². The van der Waals surface area contributed by atoms with Crippen LogP contribution in [0.25, 0.3) is 6.08 Å². The van der Waals surface area contributed by atoms with E-state index in [0.29, 0.717) is 11.3 Å². The van der Waals surface area contributed by atoms with Gasteiger partial charge in [0.1, 0.15) is 11.8 Å². The number of hydrogen-bond acceptors (Lipinski definition) is 5. The highest BCUT2D eigenvalue weighted by molar-refractivity contribution is 6.04. The van der Waals surface area contributed by atoms with Crippen LogP contribution in [-0.2, 0) is 0 Å². The number of nitriles is 2. The molecule has 0 spiro atoms. The molecule has 3 atom stereocenters. The van der Waals surface area contributed by atoms with Crippen molar-refractivity contribution in [1.29, 1.82) is 10.5 Å². The molecule has 3 unspecified atom stereocenters. The molecule has 0 amide bonds. The maximum atomic E-state index is 13.9. The third kappa shape index (κ3) is 2.64. The molecule has 0 radical (unpaired) electrons. The normalized spacial score (nSPS) is 22.8. The van der Waals surface area contributed by atoms with E-state index < -0.39 is 23.4 Å². The zero-order valence-corrected chi connectivity index (χ0v) is 16.9. The second kappa shape index (κ2) is 7.00. The van der Waals surface area contributed by atoms with E-state index in [2.05, 4.69) is 12.1 Å². The molecule has 2 aliphatic rings. The number of nitrogens with zero attached hydrogens (tertiary/aromatic N) is 3. The molecule has 2 aromatic carbocycles. The third-order valence-electron chi connectivity index (χ3n) is 6.37. The molecule has 3 aromatic rings. The Morgan fingerprint density at radius 2 is 1.77 bits per heavy atom. The van der Waals surface area contributed by atoms with Gasteiger partial charge in [0.15, 0.2) is 11.2 Å². The quantitative estimate of drug-likeness (QED) is 0.581. The van der Waals surface area contributed by atoms with Crippen molar-refractivity contribution in [2.24, 2.45) is 5.41 Å². The molecular formula is C26H19N3O2. The lowest BCUT2D eigenvalue weighted by atomic mass is 9.71. The highest BCUT2D eigenvalue weighted by Crippen LogP contribution is 2.55. The van der Waals surface area contributed by atoms with Gasteiger partial charge in [-0.15, -0.1) is 0 Å². The Labute approximate surface area is 180 Å². The van der Waals surface area contributed by atoms with Crippen LogP contribution in [0.2, 0.25) is 0 Å². The van der Waals surface area contributed by atoms with Gasteiger partial charge in [-0.2, -0.15) is 10.5 Å². The fourth-order valence-corrected chi connectivity index (χ4v) is 4.90. The number of fused-ring (bicyclic) bond motifs is 3. The minimum atomic E-state index is -1.48. The lowest BCUT2D eigenvalue weighted by Gasteiger charge is -2.35. The van der Waals surface area contributed by atoms with Gasteiger partial charge in [-0.25, -0.2) is 0 Å². The van der Waals surface area contributed by atoms with Crippen LogP contribution < -0.4 is 4.90 Å². The second-order valence-electron chi connectivity index (χ2n) is 8.03. The summed E-state index contributed by atoms with van der Waals surface area (Å²) in [5, 5.41) is 20.6. The van der Waals surface area contributed by atoms with Crippen molar-refractivity contribution < 1.29 is 9.21 Å². The molecule has 31 heavy (non-hydrogen) atoms. The molecule has 1 saturated heterocycles. The van der Waals surface area contributed by atoms with Crippen LogP contribution in [0.15, 0.2) is 77.4 Å². The van der Waals surface area contributed by atoms with Crippen molar-refractivity contribution in [2.75, 3.05) is 4.90 Å². The molecule has 0 aliphatic carbocycles. The van der Waals surface area contributed by atoms with E-state index in [4.69, 9.17) is 4.42 Å². The first-order valence-electron chi connectivity index (χ1n) is 10.1. The van der Waals surface area contributed by atoms with Crippen molar-refractivity contribution in [1.82, 2.24) is 0 Å². The number of carbonyl (C=O) groups excluding carboxylic acids is 1. The number of aryl methyl sites for hydroxylation is 1. The lowest BCUT2D eigenvalue weighted by Crippen LogP contribution is -2.44. The fourth-order valence-electron chi connectivity index (χ4n) is 4.90. The third-order valence-corrected chi connectivity index (χ3v) is 6.37. The molecule has 1 fully saturated rings. The Kier molecular flexibility index (Phi) is 4.27. The summed E-state index contributed by atoms with van der Waals surface area (Å²) in [5.74, 6) is -0.412. The van der Waals surface area contributed by atoms with Crippen molar-refractivity contribution >= 4 is 17.5 Å². The Hall–Kier alpha value is -4.09. The van der Waals surface area contributed by atoms with Gasteiger partial charge in [-0.3, -0.25) is 4.79 Å². The van der Waals surface area contributed by atoms with Crippen LogP contribution in [-0.4, -0.2) is 17.9 Å². The number of carbonyl (C=O) groups is 1. The molecule has 5 heteroatoms. The number of para-hydroxylation sites is 1. The maximum absolute atomic E-state index is 13.9. The predicted molar refractivity (Wildman–Crippen MR) is 116 cm³/mol. The number of rotatable bonds is 3. The van der Waals surface area contributed by atoms with Crippen LogP contribution in [0, 0.1) is 35.0 Å². The van der Waals surface area contributed by atoms with E-state index in [-0.39, 0.29) is 5.78 Å². The van der Waals surface area contributed by atoms with Crippen LogP contribution in [0.4, 0.5) is 5.69 Å². The summed E-state index contributed by atoms with van der Waals surface area (Å²) in [6.45, 7) is 1.97. The average molecular weight is 405 g/mol. The zero-order chi connectivity index (χ0) is 21.6. The summed E-state index contributed by atoms with van der Waals surface area (Å²) in [5.41, 5.74) is 1.91. The summed E-state index contributed by atoms with van der Waals surface area (Å²) in [6.07, 6.45) is 5.31. The number of anilines is 1. The monoisotopic (exact) mass is 405 g/mol. The molecule has 0 N–H and O–H groups in total. The number of benzene rings is 2. The first-order chi connectivity index (χ1) is 15.1. The number of hydrogen-bond donors (Lipinski definition) is 0. The van der Waals surface area contributed by atoms with E-state index in [9.17, 15) is 15.3 Å². The summed E-state index contributed by atoms with van der Waals surface area (Å²) in [6, 6.07) is 21.8. The Balaban J connectivity index is 1.77. The van der Waals surface area contributed by atoms with E-state index in [1.165, 1.54) is 6.26 Å². The number of Topliss-reactive ketones (excluding diaryl/α,β-unsaturated/α-hetero) is 1. The topological polar surface area (TPSA) is 81.0 Å². The zero-order valence-electron chi connectivity index (χ0n) is 16.9. The van der Waals surface area contributed by atoms with E-state index >= 15 is 0 Å². The SMILES string of the molecule is Cc1ccc(C(=O)C2C(c3ccco3)C(C#N)(C#N)C3C=Cc4ccccc4N23)cc1. The maximum Gasteiger partial charge on any atom is 0.186 e. The number of furan rings is 1. The minimum Gasteiger partial charge on any atom is -0.469 e. The number of ketones is 1. The average Bonchev–Trinajstić information content (AvgIpc) is 3.43. The lowest BCUT2D eigenvalue weighted by molar-refractivity contribution is 0.0946. The highest BCUT2D eigenvalue weighted by Gasteiger charge is 2.64.